The Bertz CT molecular complexity index is 249. The molecule has 3 nitrogen and oxygen atoms in total. The number of ether oxygens (including phenoxy) is 1. The van der Waals surface area contributed by atoms with E-state index < -0.39 is 0 Å². The molecular formula is C16H32N2O. The molecule has 0 radical (unpaired) electrons. The van der Waals surface area contributed by atoms with Crippen molar-refractivity contribution in [2.45, 2.75) is 58.7 Å². The summed E-state index contributed by atoms with van der Waals surface area (Å²) in [6, 6.07) is 0. The van der Waals surface area contributed by atoms with Crippen molar-refractivity contribution in [3.05, 3.63) is 0 Å². The maximum absolute atomic E-state index is 6.18. The van der Waals surface area contributed by atoms with Gasteiger partial charge in [-0.15, -0.1) is 0 Å². The summed E-state index contributed by atoms with van der Waals surface area (Å²) in [5, 5.41) is 3.48. The van der Waals surface area contributed by atoms with E-state index in [4.69, 9.17) is 4.74 Å². The molecule has 0 spiro atoms. The smallest absolute Gasteiger partial charge is 0.0707 e. The molecule has 0 saturated carbocycles. The van der Waals surface area contributed by atoms with Gasteiger partial charge in [-0.2, -0.15) is 0 Å². The highest BCUT2D eigenvalue weighted by Gasteiger charge is 2.29. The number of hydrogen-bond donors (Lipinski definition) is 1. The first kappa shape index (κ1) is 15.3. The van der Waals surface area contributed by atoms with E-state index in [-0.39, 0.29) is 0 Å². The fourth-order valence-electron chi connectivity index (χ4n) is 3.73. The zero-order valence-electron chi connectivity index (χ0n) is 13.0. The number of piperidine rings is 1. The Morgan fingerprint density at radius 2 is 1.79 bits per heavy atom. The van der Waals surface area contributed by atoms with Gasteiger partial charge < -0.3 is 15.0 Å². The van der Waals surface area contributed by atoms with E-state index in [0.717, 1.165) is 31.5 Å². The highest BCUT2D eigenvalue weighted by molar-refractivity contribution is 4.81. The van der Waals surface area contributed by atoms with Crippen molar-refractivity contribution < 1.29 is 4.74 Å². The maximum Gasteiger partial charge on any atom is 0.0707 e. The molecule has 0 amide bonds. The highest BCUT2D eigenvalue weighted by Crippen LogP contribution is 2.25. The van der Waals surface area contributed by atoms with Gasteiger partial charge in [0.2, 0.25) is 0 Å². The molecule has 2 aliphatic heterocycles. The molecule has 1 N–H and O–H groups in total. The second kappa shape index (κ2) is 7.61. The Kier molecular flexibility index (Phi) is 6.11. The lowest BCUT2D eigenvalue weighted by Crippen LogP contribution is -2.42. The third-order valence-electron chi connectivity index (χ3n) is 4.40. The molecule has 4 atom stereocenters. The number of nitrogens with one attached hydrogen (secondary N) is 1. The Hall–Kier alpha value is -0.120. The molecule has 0 aromatic heterocycles. The Morgan fingerprint density at radius 3 is 2.47 bits per heavy atom. The zero-order chi connectivity index (χ0) is 13.7. The third kappa shape index (κ3) is 5.05. The number of likely N-dealkylation sites (tertiary alicyclic amines) is 1. The largest absolute Gasteiger partial charge is 0.372 e. The second-order valence-corrected chi connectivity index (χ2v) is 6.83. The summed E-state index contributed by atoms with van der Waals surface area (Å²) in [5.41, 5.74) is 0. The first-order chi connectivity index (χ1) is 9.17. The van der Waals surface area contributed by atoms with Gasteiger partial charge in [0.05, 0.1) is 12.2 Å². The predicted molar refractivity (Wildman–Crippen MR) is 80.4 cm³/mol. The van der Waals surface area contributed by atoms with Gasteiger partial charge in [-0.1, -0.05) is 20.8 Å². The molecule has 0 aromatic carbocycles. The van der Waals surface area contributed by atoms with Crippen LogP contribution in [0.4, 0.5) is 0 Å². The minimum absolute atomic E-state index is 0.455. The van der Waals surface area contributed by atoms with Gasteiger partial charge in [-0.3, -0.25) is 0 Å². The van der Waals surface area contributed by atoms with Crippen LogP contribution in [-0.4, -0.2) is 49.8 Å². The fourth-order valence-corrected chi connectivity index (χ4v) is 3.73. The van der Waals surface area contributed by atoms with Gasteiger partial charge >= 0.3 is 0 Å². The van der Waals surface area contributed by atoms with E-state index in [2.05, 4.69) is 31.0 Å². The van der Waals surface area contributed by atoms with Crippen LogP contribution in [0.25, 0.3) is 0 Å². The summed E-state index contributed by atoms with van der Waals surface area (Å²) in [6.07, 6.45) is 6.02. The molecule has 3 heteroatoms. The van der Waals surface area contributed by atoms with Crippen LogP contribution < -0.4 is 5.32 Å². The van der Waals surface area contributed by atoms with E-state index in [1.165, 1.54) is 38.8 Å². The van der Waals surface area contributed by atoms with Crippen molar-refractivity contribution in [2.24, 2.45) is 11.8 Å². The van der Waals surface area contributed by atoms with Crippen LogP contribution in [0.2, 0.25) is 0 Å². The van der Waals surface area contributed by atoms with E-state index in [0.29, 0.717) is 12.2 Å². The van der Waals surface area contributed by atoms with Crippen LogP contribution in [0.15, 0.2) is 0 Å². The molecular weight excluding hydrogens is 236 g/mol. The van der Waals surface area contributed by atoms with Crippen molar-refractivity contribution in [3.63, 3.8) is 0 Å². The summed E-state index contributed by atoms with van der Waals surface area (Å²) < 4.78 is 6.18. The average molecular weight is 268 g/mol. The standard InChI is InChI=1S/C16H32N2O/c1-4-7-17-9-15-5-6-16(19-15)12-18-10-13(2)8-14(3)11-18/h13-17H,4-12H2,1-3H3. The first-order valence-electron chi connectivity index (χ1n) is 8.25. The first-order valence-corrected chi connectivity index (χ1v) is 8.25. The van der Waals surface area contributed by atoms with Crippen molar-refractivity contribution >= 4 is 0 Å². The second-order valence-electron chi connectivity index (χ2n) is 6.83. The molecule has 0 aliphatic carbocycles. The average Bonchev–Trinajstić information content (AvgIpc) is 2.76. The Labute approximate surface area is 119 Å². The van der Waals surface area contributed by atoms with E-state index in [1.807, 2.05) is 0 Å². The minimum atomic E-state index is 0.455. The van der Waals surface area contributed by atoms with Gasteiger partial charge in [0.1, 0.15) is 0 Å². The molecule has 0 bridgehead atoms. The number of nitrogens with zero attached hydrogens (tertiary/aromatic N) is 1. The maximum atomic E-state index is 6.18. The van der Waals surface area contributed by atoms with Gasteiger partial charge in [0, 0.05) is 26.2 Å². The highest BCUT2D eigenvalue weighted by atomic mass is 16.5. The molecule has 2 aliphatic rings. The molecule has 0 aromatic rings. The zero-order valence-corrected chi connectivity index (χ0v) is 13.0. The van der Waals surface area contributed by atoms with Crippen LogP contribution in [0, 0.1) is 11.8 Å². The van der Waals surface area contributed by atoms with Crippen molar-refractivity contribution in [2.75, 3.05) is 32.7 Å². The van der Waals surface area contributed by atoms with Gasteiger partial charge in [-0.05, 0) is 44.1 Å². The van der Waals surface area contributed by atoms with E-state index in [1.54, 1.807) is 0 Å². The van der Waals surface area contributed by atoms with Crippen molar-refractivity contribution in [1.82, 2.24) is 10.2 Å². The van der Waals surface area contributed by atoms with Crippen molar-refractivity contribution in [1.29, 1.82) is 0 Å². The molecule has 2 heterocycles. The lowest BCUT2D eigenvalue weighted by atomic mass is 9.91. The SMILES string of the molecule is CCCNCC1CCC(CN2CC(C)CC(C)C2)O1. The molecule has 112 valence electrons. The van der Waals surface area contributed by atoms with Crippen LogP contribution in [-0.2, 0) is 4.74 Å². The summed E-state index contributed by atoms with van der Waals surface area (Å²) >= 11 is 0. The molecule has 2 saturated heterocycles. The summed E-state index contributed by atoms with van der Waals surface area (Å²) in [5.74, 6) is 1.71. The predicted octanol–water partition coefficient (Wildman–Crippen LogP) is 2.51. The number of rotatable bonds is 6. The van der Waals surface area contributed by atoms with Gasteiger partial charge in [-0.25, -0.2) is 0 Å². The Balaban J connectivity index is 1.66. The van der Waals surface area contributed by atoms with Crippen LogP contribution in [0.5, 0.6) is 0 Å². The molecule has 4 unspecified atom stereocenters. The fraction of sp³-hybridized carbons (Fsp3) is 1.00. The third-order valence-corrected chi connectivity index (χ3v) is 4.40. The van der Waals surface area contributed by atoms with E-state index >= 15 is 0 Å². The summed E-state index contributed by atoms with van der Waals surface area (Å²) in [4.78, 5) is 2.63. The summed E-state index contributed by atoms with van der Waals surface area (Å²) in [6.45, 7) is 12.8. The van der Waals surface area contributed by atoms with Crippen LogP contribution in [0.1, 0.15) is 46.5 Å². The van der Waals surface area contributed by atoms with Crippen LogP contribution >= 0.6 is 0 Å². The monoisotopic (exact) mass is 268 g/mol. The van der Waals surface area contributed by atoms with E-state index in [9.17, 15) is 0 Å². The van der Waals surface area contributed by atoms with Crippen molar-refractivity contribution in [3.8, 4) is 0 Å². The minimum Gasteiger partial charge on any atom is -0.372 e. The van der Waals surface area contributed by atoms with Gasteiger partial charge in [0.25, 0.3) is 0 Å². The summed E-state index contributed by atoms with van der Waals surface area (Å²) in [7, 11) is 0. The normalized spacial score (nSPS) is 36.8. The lowest BCUT2D eigenvalue weighted by molar-refractivity contribution is 0.0102. The lowest BCUT2D eigenvalue weighted by Gasteiger charge is -2.36. The molecule has 19 heavy (non-hydrogen) atoms. The topological polar surface area (TPSA) is 24.5 Å². The molecule has 2 fully saturated rings. The Morgan fingerprint density at radius 1 is 1.11 bits per heavy atom. The van der Waals surface area contributed by atoms with Crippen LogP contribution in [0.3, 0.4) is 0 Å². The van der Waals surface area contributed by atoms with Gasteiger partial charge in [0.15, 0.2) is 0 Å². The number of hydrogen-bond acceptors (Lipinski definition) is 3. The molecule has 2 rings (SSSR count). The quantitative estimate of drug-likeness (QED) is 0.749.